The van der Waals surface area contributed by atoms with E-state index in [1.807, 2.05) is 48.5 Å². The Morgan fingerprint density at radius 1 is 1.02 bits per heavy atom. The summed E-state index contributed by atoms with van der Waals surface area (Å²) in [6.45, 7) is 4.78. The Bertz CT molecular complexity index is 1720. The molecule has 2 bridgehead atoms. The summed E-state index contributed by atoms with van der Waals surface area (Å²) in [5.41, 5.74) is 2.97. The Morgan fingerprint density at radius 2 is 1.76 bits per heavy atom. The van der Waals surface area contributed by atoms with E-state index < -0.39 is 21.5 Å². The molecule has 2 amide bonds. The highest BCUT2D eigenvalue weighted by Gasteiger charge is 2.49. The minimum atomic E-state index is -1.86. The average Bonchev–Trinajstić information content (AvgIpc) is 3.06. The van der Waals surface area contributed by atoms with Gasteiger partial charge < -0.3 is 20.1 Å². The molecular formula is C37H39BrCl4FN3O4. The summed E-state index contributed by atoms with van der Waals surface area (Å²) in [7, 11) is 0. The standard InChI is InChI=1S/C37H39BrCl4FN3O4/c1-36(2,37(40,41)42)50-35(48)46-27-20-28(24-13-11-23(12-14-24)7-6-18-49-32-19-26(43)15-16-29(32)38)33(31(46)22-44-21-27)34(47)45-17-5-9-25-8-3-4-10-30(25)39/h3-4,8,10-16,19,27,31,44H,5-7,9,17-18,20-22H2,1-2H3,(H,45,47)/t27?,31-/m1/s1. The van der Waals surface area contributed by atoms with Gasteiger partial charge in [0.05, 0.1) is 23.2 Å². The van der Waals surface area contributed by atoms with Gasteiger partial charge in [-0.3, -0.25) is 9.69 Å². The molecule has 0 spiro atoms. The van der Waals surface area contributed by atoms with Crippen LogP contribution >= 0.6 is 62.3 Å². The number of halogens is 6. The van der Waals surface area contributed by atoms with Gasteiger partial charge in [-0.25, -0.2) is 9.18 Å². The van der Waals surface area contributed by atoms with Gasteiger partial charge in [0, 0.05) is 36.3 Å². The molecule has 50 heavy (non-hydrogen) atoms. The van der Waals surface area contributed by atoms with Gasteiger partial charge in [0.15, 0.2) is 5.60 Å². The summed E-state index contributed by atoms with van der Waals surface area (Å²) in [5.74, 6) is -0.143. The van der Waals surface area contributed by atoms with Crippen LogP contribution in [0.4, 0.5) is 9.18 Å². The molecule has 7 nitrogen and oxygen atoms in total. The highest BCUT2D eigenvalue weighted by atomic mass is 79.9. The molecular weight excluding hydrogens is 791 g/mol. The van der Waals surface area contributed by atoms with Crippen molar-refractivity contribution >= 4 is 79.9 Å². The maximum absolute atomic E-state index is 14.1. The zero-order valence-electron chi connectivity index (χ0n) is 27.7. The molecule has 268 valence electrons. The predicted molar refractivity (Wildman–Crippen MR) is 202 cm³/mol. The van der Waals surface area contributed by atoms with Gasteiger partial charge in [0.25, 0.3) is 0 Å². The molecule has 2 aliphatic heterocycles. The zero-order valence-corrected chi connectivity index (χ0v) is 32.3. The van der Waals surface area contributed by atoms with Gasteiger partial charge in [-0.2, -0.15) is 0 Å². The smallest absolute Gasteiger partial charge is 0.411 e. The van der Waals surface area contributed by atoms with Crippen LogP contribution in [-0.2, 0) is 22.4 Å². The fraction of sp³-hybridized carbons (Fsp3) is 0.405. The monoisotopic (exact) mass is 827 g/mol. The van der Waals surface area contributed by atoms with Crippen molar-refractivity contribution in [2.45, 2.75) is 67.4 Å². The number of amides is 2. The number of ether oxygens (including phenoxy) is 2. The molecule has 0 radical (unpaired) electrons. The number of hydrogen-bond acceptors (Lipinski definition) is 5. The summed E-state index contributed by atoms with van der Waals surface area (Å²) < 4.78 is 24.0. The number of carbonyl (C=O) groups excluding carboxylic acids is 2. The molecule has 2 atom stereocenters. The lowest BCUT2D eigenvalue weighted by molar-refractivity contribution is -0.118. The number of rotatable bonds is 12. The van der Waals surface area contributed by atoms with Gasteiger partial charge in [-0.05, 0) is 102 Å². The van der Waals surface area contributed by atoms with Crippen molar-refractivity contribution in [1.29, 1.82) is 0 Å². The number of hydrogen-bond donors (Lipinski definition) is 2. The first-order chi connectivity index (χ1) is 23.7. The molecule has 1 fully saturated rings. The summed E-state index contributed by atoms with van der Waals surface area (Å²) >= 11 is 28.2. The van der Waals surface area contributed by atoms with Crippen molar-refractivity contribution < 1.29 is 23.5 Å². The Morgan fingerprint density at radius 3 is 2.48 bits per heavy atom. The van der Waals surface area contributed by atoms with E-state index in [-0.39, 0.29) is 17.8 Å². The number of fused-ring (bicyclic) bond motifs is 2. The predicted octanol–water partition coefficient (Wildman–Crippen LogP) is 9.09. The molecule has 13 heteroatoms. The van der Waals surface area contributed by atoms with Crippen LogP contribution in [0.25, 0.3) is 5.57 Å². The first-order valence-electron chi connectivity index (χ1n) is 16.5. The fourth-order valence-electron chi connectivity index (χ4n) is 6.16. The molecule has 2 heterocycles. The normalized spacial score (nSPS) is 17.8. The molecule has 3 aromatic rings. The van der Waals surface area contributed by atoms with E-state index in [9.17, 15) is 14.0 Å². The van der Waals surface area contributed by atoms with E-state index in [1.165, 1.54) is 26.0 Å². The van der Waals surface area contributed by atoms with E-state index in [1.54, 1.807) is 11.0 Å². The highest BCUT2D eigenvalue weighted by Crippen LogP contribution is 2.42. The van der Waals surface area contributed by atoms with E-state index in [2.05, 4.69) is 26.6 Å². The van der Waals surface area contributed by atoms with E-state index in [0.717, 1.165) is 35.1 Å². The Hall–Kier alpha value is -2.53. The SMILES string of the molecule is CC(C)(OC(=O)N1C2CNC[C@@H]1C(C(=O)NCCCc1ccccc1Cl)=C(c1ccc(CCCOc3cc(F)ccc3Br)cc1)C2)C(Cl)(Cl)Cl. The summed E-state index contributed by atoms with van der Waals surface area (Å²) in [6.07, 6.45) is 2.63. The Kier molecular flexibility index (Phi) is 13.1. The lowest BCUT2D eigenvalue weighted by atomic mass is 9.82. The van der Waals surface area contributed by atoms with Gasteiger partial charge in [0.1, 0.15) is 11.6 Å². The fourth-order valence-corrected chi connectivity index (χ4v) is 6.87. The molecule has 1 saturated heterocycles. The zero-order chi connectivity index (χ0) is 36.1. The van der Waals surface area contributed by atoms with Crippen molar-refractivity contribution in [1.82, 2.24) is 15.5 Å². The van der Waals surface area contributed by atoms with Gasteiger partial charge >= 0.3 is 6.09 Å². The van der Waals surface area contributed by atoms with Crippen molar-refractivity contribution in [3.05, 3.63) is 104 Å². The van der Waals surface area contributed by atoms with Crippen LogP contribution in [0.15, 0.2) is 76.8 Å². The van der Waals surface area contributed by atoms with E-state index in [4.69, 9.17) is 55.9 Å². The number of carbonyl (C=O) groups is 2. The average molecular weight is 830 g/mol. The molecule has 0 saturated carbocycles. The maximum Gasteiger partial charge on any atom is 0.411 e. The molecule has 5 rings (SSSR count). The Balaban J connectivity index is 1.34. The third-order valence-corrected chi connectivity index (χ3v) is 11.3. The van der Waals surface area contributed by atoms with Crippen LogP contribution in [0.3, 0.4) is 0 Å². The van der Waals surface area contributed by atoms with E-state index in [0.29, 0.717) is 66.3 Å². The van der Waals surface area contributed by atoms with Crippen LogP contribution < -0.4 is 15.4 Å². The molecule has 0 aliphatic carbocycles. The molecule has 0 aromatic heterocycles. The first kappa shape index (κ1) is 38.7. The van der Waals surface area contributed by atoms with Crippen molar-refractivity contribution in [2.24, 2.45) is 0 Å². The second-order valence-corrected chi connectivity index (χ2v) is 16.4. The quantitative estimate of drug-likeness (QED) is 0.141. The molecule has 1 unspecified atom stereocenters. The van der Waals surface area contributed by atoms with Gasteiger partial charge in [-0.15, -0.1) is 0 Å². The number of alkyl halides is 3. The number of aryl methyl sites for hydroxylation is 2. The third-order valence-electron chi connectivity index (χ3n) is 8.95. The minimum absolute atomic E-state index is 0.255. The number of nitrogens with zero attached hydrogens (tertiary/aromatic N) is 1. The van der Waals surface area contributed by atoms with Crippen molar-refractivity contribution in [3.63, 3.8) is 0 Å². The van der Waals surface area contributed by atoms with Crippen LogP contribution in [0.1, 0.15) is 49.8 Å². The molecule has 3 aromatic carbocycles. The van der Waals surface area contributed by atoms with E-state index >= 15 is 0 Å². The van der Waals surface area contributed by atoms with Crippen molar-refractivity contribution in [3.8, 4) is 5.75 Å². The largest absolute Gasteiger partial charge is 0.492 e. The topological polar surface area (TPSA) is 79.9 Å². The lowest BCUT2D eigenvalue weighted by Gasteiger charge is -2.48. The summed E-state index contributed by atoms with van der Waals surface area (Å²) in [4.78, 5) is 29.4. The summed E-state index contributed by atoms with van der Waals surface area (Å²) in [5, 5.41) is 7.17. The Labute approximate surface area is 320 Å². The lowest BCUT2D eigenvalue weighted by Crippen LogP contribution is -2.64. The number of benzene rings is 3. The number of piperazine rings is 1. The molecule has 2 N–H and O–H groups in total. The highest BCUT2D eigenvalue weighted by molar-refractivity contribution is 9.10. The third kappa shape index (κ3) is 9.46. The van der Waals surface area contributed by atoms with Crippen molar-refractivity contribution in [2.75, 3.05) is 26.2 Å². The number of nitrogens with one attached hydrogen (secondary N) is 2. The van der Waals surface area contributed by atoms with Crippen LogP contribution in [0.5, 0.6) is 5.75 Å². The van der Waals surface area contributed by atoms with Gasteiger partial charge in [-0.1, -0.05) is 88.9 Å². The maximum atomic E-state index is 14.1. The first-order valence-corrected chi connectivity index (χ1v) is 18.8. The second kappa shape index (κ2) is 16.9. The molecule has 2 aliphatic rings. The van der Waals surface area contributed by atoms with Gasteiger partial charge in [0.2, 0.25) is 9.70 Å². The second-order valence-electron chi connectivity index (χ2n) is 12.9. The van der Waals surface area contributed by atoms with Crippen LogP contribution in [-0.4, -0.2) is 64.6 Å². The van der Waals surface area contributed by atoms with Crippen LogP contribution in [0, 0.1) is 5.82 Å². The van der Waals surface area contributed by atoms with Crippen LogP contribution in [0.2, 0.25) is 5.02 Å². The minimum Gasteiger partial charge on any atom is -0.492 e. The summed E-state index contributed by atoms with van der Waals surface area (Å²) in [6, 6.07) is 19.2.